The molecule has 0 spiro atoms. The van der Waals surface area contributed by atoms with E-state index in [9.17, 15) is 17.6 Å². The van der Waals surface area contributed by atoms with Crippen LogP contribution in [0, 0.1) is 11.7 Å². The van der Waals surface area contributed by atoms with Crippen molar-refractivity contribution in [1.29, 1.82) is 0 Å². The summed E-state index contributed by atoms with van der Waals surface area (Å²) in [6.07, 6.45) is 0.807. The predicted octanol–water partition coefficient (Wildman–Crippen LogP) is 3.52. The van der Waals surface area contributed by atoms with Crippen LogP contribution in [0.15, 0.2) is 53.4 Å². The Balaban J connectivity index is 1.62. The van der Waals surface area contributed by atoms with Gasteiger partial charge in [0.2, 0.25) is 15.9 Å². The zero-order valence-corrected chi connectivity index (χ0v) is 15.4. The summed E-state index contributed by atoms with van der Waals surface area (Å²) >= 11 is 5.88. The number of halogens is 2. The Morgan fingerprint density at radius 3 is 2.46 bits per heavy atom. The van der Waals surface area contributed by atoms with E-state index < -0.39 is 15.8 Å². The molecule has 8 heteroatoms. The van der Waals surface area contributed by atoms with Crippen LogP contribution in [0.2, 0.25) is 5.02 Å². The molecule has 1 aliphatic heterocycles. The summed E-state index contributed by atoms with van der Waals surface area (Å²) in [7, 11) is -3.63. The Kier molecular flexibility index (Phi) is 5.60. The molecule has 0 aliphatic carbocycles. The molecule has 1 saturated heterocycles. The molecule has 2 aromatic rings. The van der Waals surface area contributed by atoms with Crippen LogP contribution >= 0.6 is 11.6 Å². The number of nitrogens with zero attached hydrogens (tertiary/aromatic N) is 1. The topological polar surface area (TPSA) is 66.5 Å². The van der Waals surface area contributed by atoms with Crippen molar-refractivity contribution in [2.45, 2.75) is 17.7 Å². The molecule has 0 radical (unpaired) electrons. The van der Waals surface area contributed by atoms with E-state index in [-0.39, 0.29) is 29.8 Å². The van der Waals surface area contributed by atoms with Gasteiger partial charge in [0.05, 0.1) is 4.90 Å². The van der Waals surface area contributed by atoms with Crippen LogP contribution in [-0.4, -0.2) is 31.7 Å². The van der Waals surface area contributed by atoms with Crippen LogP contribution in [0.5, 0.6) is 0 Å². The van der Waals surface area contributed by atoms with E-state index in [0.29, 0.717) is 23.6 Å². The summed E-state index contributed by atoms with van der Waals surface area (Å²) in [5.74, 6) is -0.968. The number of amides is 1. The highest BCUT2D eigenvalue weighted by Gasteiger charge is 2.32. The number of anilines is 1. The molecular weight excluding hydrogens is 379 g/mol. The summed E-state index contributed by atoms with van der Waals surface area (Å²) in [5, 5.41) is 3.04. The minimum absolute atomic E-state index is 0.146. The van der Waals surface area contributed by atoms with Crippen molar-refractivity contribution in [1.82, 2.24) is 4.31 Å². The van der Waals surface area contributed by atoms with Gasteiger partial charge in [0.1, 0.15) is 5.82 Å². The molecule has 5 nitrogen and oxygen atoms in total. The lowest BCUT2D eigenvalue weighted by atomic mass is 9.97. The molecule has 0 aromatic heterocycles. The number of piperidine rings is 1. The third-order valence-electron chi connectivity index (χ3n) is 4.35. The van der Waals surface area contributed by atoms with Crippen LogP contribution in [0.1, 0.15) is 12.8 Å². The van der Waals surface area contributed by atoms with Crippen molar-refractivity contribution in [3.8, 4) is 0 Å². The van der Waals surface area contributed by atoms with E-state index in [1.807, 2.05) is 0 Å². The van der Waals surface area contributed by atoms with Crippen LogP contribution in [-0.2, 0) is 14.8 Å². The number of rotatable bonds is 4. The third kappa shape index (κ3) is 4.23. The third-order valence-corrected chi connectivity index (χ3v) is 6.48. The van der Waals surface area contributed by atoms with Crippen LogP contribution in [0.3, 0.4) is 0 Å². The SMILES string of the molecule is O=C(Nc1cccc(F)c1)C1CCN(S(=O)(=O)c2cccc(Cl)c2)CC1. The van der Waals surface area contributed by atoms with Gasteiger partial charge in [-0.25, -0.2) is 12.8 Å². The summed E-state index contributed by atoms with van der Waals surface area (Å²) in [6.45, 7) is 0.492. The van der Waals surface area contributed by atoms with Crippen molar-refractivity contribution in [3.05, 3.63) is 59.4 Å². The highest BCUT2D eigenvalue weighted by atomic mass is 35.5. The molecule has 0 atom stereocenters. The number of hydrogen-bond acceptors (Lipinski definition) is 3. The van der Waals surface area contributed by atoms with E-state index in [2.05, 4.69) is 5.32 Å². The average molecular weight is 397 g/mol. The van der Waals surface area contributed by atoms with E-state index in [1.165, 1.54) is 34.6 Å². The second-order valence-electron chi connectivity index (χ2n) is 6.14. The first-order valence-corrected chi connectivity index (χ1v) is 10.0. The highest BCUT2D eigenvalue weighted by Crippen LogP contribution is 2.26. The van der Waals surface area contributed by atoms with Crippen molar-refractivity contribution in [2.75, 3.05) is 18.4 Å². The summed E-state index contributed by atoms with van der Waals surface area (Å²) in [5.41, 5.74) is 0.393. The molecule has 0 unspecified atom stereocenters. The lowest BCUT2D eigenvalue weighted by Gasteiger charge is -2.30. The fraction of sp³-hybridized carbons (Fsp3) is 0.278. The maximum atomic E-state index is 13.2. The molecule has 26 heavy (non-hydrogen) atoms. The zero-order valence-electron chi connectivity index (χ0n) is 13.9. The highest BCUT2D eigenvalue weighted by molar-refractivity contribution is 7.89. The minimum Gasteiger partial charge on any atom is -0.326 e. The van der Waals surface area contributed by atoms with Gasteiger partial charge in [-0.05, 0) is 49.2 Å². The number of carbonyl (C=O) groups is 1. The molecule has 0 bridgehead atoms. The van der Waals surface area contributed by atoms with Gasteiger partial charge >= 0.3 is 0 Å². The van der Waals surface area contributed by atoms with Crippen LogP contribution in [0.25, 0.3) is 0 Å². The van der Waals surface area contributed by atoms with Gasteiger partial charge in [-0.1, -0.05) is 23.7 Å². The number of benzene rings is 2. The predicted molar refractivity (Wildman–Crippen MR) is 98.0 cm³/mol. The molecule has 3 rings (SSSR count). The number of hydrogen-bond donors (Lipinski definition) is 1. The van der Waals surface area contributed by atoms with E-state index in [0.717, 1.165) is 0 Å². The Morgan fingerprint density at radius 2 is 1.81 bits per heavy atom. The van der Waals surface area contributed by atoms with Gasteiger partial charge in [-0.15, -0.1) is 0 Å². The van der Waals surface area contributed by atoms with Gasteiger partial charge in [0.25, 0.3) is 0 Å². The van der Waals surface area contributed by atoms with Gasteiger partial charge in [0, 0.05) is 29.7 Å². The van der Waals surface area contributed by atoms with Crippen LogP contribution in [0.4, 0.5) is 10.1 Å². The second-order valence-corrected chi connectivity index (χ2v) is 8.51. The smallest absolute Gasteiger partial charge is 0.243 e. The Bertz CT molecular complexity index is 912. The first-order chi connectivity index (χ1) is 12.4. The number of nitrogens with one attached hydrogen (secondary N) is 1. The average Bonchev–Trinajstić information content (AvgIpc) is 2.62. The lowest BCUT2D eigenvalue weighted by molar-refractivity contribution is -0.120. The zero-order chi connectivity index (χ0) is 18.7. The van der Waals surface area contributed by atoms with Gasteiger partial charge in [0.15, 0.2) is 0 Å². The normalized spacial score (nSPS) is 16.4. The van der Waals surface area contributed by atoms with Crippen molar-refractivity contribution in [3.63, 3.8) is 0 Å². The van der Waals surface area contributed by atoms with E-state index in [4.69, 9.17) is 11.6 Å². The fourth-order valence-corrected chi connectivity index (χ4v) is 4.72. The quantitative estimate of drug-likeness (QED) is 0.859. The Morgan fingerprint density at radius 1 is 1.12 bits per heavy atom. The Hall–Kier alpha value is -1.96. The molecular formula is C18H18ClFN2O3S. The number of sulfonamides is 1. The maximum absolute atomic E-state index is 13.2. The molecule has 1 aliphatic rings. The van der Waals surface area contributed by atoms with Gasteiger partial charge < -0.3 is 5.32 Å². The van der Waals surface area contributed by atoms with E-state index >= 15 is 0 Å². The molecule has 1 fully saturated rings. The van der Waals surface area contributed by atoms with E-state index in [1.54, 1.807) is 18.2 Å². The molecule has 0 saturated carbocycles. The van der Waals surface area contributed by atoms with Gasteiger partial charge in [-0.2, -0.15) is 4.31 Å². The first kappa shape index (κ1) is 18.8. The largest absolute Gasteiger partial charge is 0.326 e. The lowest BCUT2D eigenvalue weighted by Crippen LogP contribution is -2.41. The Labute approximate surface area is 156 Å². The second kappa shape index (κ2) is 7.73. The maximum Gasteiger partial charge on any atom is 0.243 e. The minimum atomic E-state index is -3.63. The molecule has 1 N–H and O–H groups in total. The molecule has 138 valence electrons. The van der Waals surface area contributed by atoms with Crippen molar-refractivity contribution >= 4 is 33.2 Å². The molecule has 2 aromatic carbocycles. The fourth-order valence-electron chi connectivity index (χ4n) is 2.95. The summed E-state index contributed by atoms with van der Waals surface area (Å²) < 4.78 is 39.9. The molecule has 1 heterocycles. The first-order valence-electron chi connectivity index (χ1n) is 8.18. The molecule has 1 amide bonds. The van der Waals surface area contributed by atoms with Crippen molar-refractivity contribution in [2.24, 2.45) is 5.92 Å². The van der Waals surface area contributed by atoms with Gasteiger partial charge in [-0.3, -0.25) is 4.79 Å². The summed E-state index contributed by atoms with van der Waals surface area (Å²) in [4.78, 5) is 12.5. The summed E-state index contributed by atoms with van der Waals surface area (Å²) in [6, 6.07) is 11.8. The number of carbonyl (C=O) groups excluding carboxylic acids is 1. The monoisotopic (exact) mass is 396 g/mol. The van der Waals surface area contributed by atoms with Crippen LogP contribution < -0.4 is 5.32 Å². The standard InChI is InChI=1S/C18H18ClFN2O3S/c19-14-3-1-6-17(11-14)26(24,25)22-9-7-13(8-10-22)18(23)21-16-5-2-4-15(20)12-16/h1-6,11-13H,7-10H2,(H,21,23). The van der Waals surface area contributed by atoms with Crippen molar-refractivity contribution < 1.29 is 17.6 Å².